The maximum Gasteiger partial charge on any atom is 0.307 e. The van der Waals surface area contributed by atoms with Crippen LogP contribution >= 0.6 is 0 Å². The largest absolute Gasteiger partial charge is 0.318 e. The summed E-state index contributed by atoms with van der Waals surface area (Å²) in [6.45, 7) is 2.67. The topological polar surface area (TPSA) is 73.0 Å². The molecular formula is C7H12N4O2. The molecule has 1 rings (SSSR count). The summed E-state index contributed by atoms with van der Waals surface area (Å²) in [6, 6.07) is 0.124. The molecule has 0 fully saturated rings. The van der Waals surface area contributed by atoms with E-state index in [4.69, 9.17) is 0 Å². The summed E-state index contributed by atoms with van der Waals surface area (Å²) < 4.78 is 1.58. The van der Waals surface area contributed by atoms with Gasteiger partial charge in [-0.15, -0.1) is 0 Å². The molecule has 0 aliphatic carbocycles. The van der Waals surface area contributed by atoms with Crippen LogP contribution in [0.5, 0.6) is 0 Å². The van der Waals surface area contributed by atoms with E-state index in [1.807, 2.05) is 14.0 Å². The van der Waals surface area contributed by atoms with Crippen LogP contribution in [0.3, 0.4) is 0 Å². The molecule has 0 saturated heterocycles. The van der Waals surface area contributed by atoms with Gasteiger partial charge in [-0.1, -0.05) is 0 Å². The Morgan fingerprint density at radius 3 is 3.00 bits per heavy atom. The van der Waals surface area contributed by atoms with E-state index in [1.54, 1.807) is 4.68 Å². The minimum Gasteiger partial charge on any atom is -0.318 e. The second-order valence-electron chi connectivity index (χ2n) is 2.84. The molecule has 1 atom stereocenters. The predicted octanol–water partition coefficient (Wildman–Crippen LogP) is 0.572. The highest BCUT2D eigenvalue weighted by atomic mass is 16.6. The van der Waals surface area contributed by atoms with Crippen molar-refractivity contribution in [3.05, 3.63) is 22.5 Å². The molecule has 0 aromatic carbocycles. The Kier molecular flexibility index (Phi) is 2.97. The van der Waals surface area contributed by atoms with E-state index in [0.717, 1.165) is 6.54 Å². The van der Waals surface area contributed by atoms with E-state index < -0.39 is 4.92 Å². The maximum atomic E-state index is 10.3. The van der Waals surface area contributed by atoms with E-state index in [2.05, 4.69) is 10.4 Å². The number of nitro groups is 1. The van der Waals surface area contributed by atoms with Crippen molar-refractivity contribution in [2.24, 2.45) is 0 Å². The van der Waals surface area contributed by atoms with E-state index in [0.29, 0.717) is 0 Å². The van der Waals surface area contributed by atoms with E-state index in [9.17, 15) is 10.1 Å². The number of hydrogen-bond donors (Lipinski definition) is 1. The van der Waals surface area contributed by atoms with Crippen molar-refractivity contribution in [1.82, 2.24) is 15.1 Å². The van der Waals surface area contributed by atoms with Gasteiger partial charge in [-0.2, -0.15) is 5.10 Å². The van der Waals surface area contributed by atoms with Crippen LogP contribution in [-0.2, 0) is 0 Å². The van der Waals surface area contributed by atoms with E-state index >= 15 is 0 Å². The number of aromatic nitrogens is 2. The highest BCUT2D eigenvalue weighted by Gasteiger charge is 2.11. The lowest BCUT2D eigenvalue weighted by atomic mass is 10.3. The van der Waals surface area contributed by atoms with Gasteiger partial charge in [0.25, 0.3) is 0 Å². The first-order chi connectivity index (χ1) is 6.15. The van der Waals surface area contributed by atoms with Gasteiger partial charge in [0, 0.05) is 6.54 Å². The van der Waals surface area contributed by atoms with Crippen LogP contribution in [0.4, 0.5) is 5.69 Å². The average molecular weight is 184 g/mol. The molecule has 0 aliphatic rings. The molecule has 1 N–H and O–H groups in total. The van der Waals surface area contributed by atoms with Crippen LogP contribution < -0.4 is 5.32 Å². The molecule has 0 saturated carbocycles. The summed E-state index contributed by atoms with van der Waals surface area (Å²) in [6.07, 6.45) is 2.69. The fraction of sp³-hybridized carbons (Fsp3) is 0.571. The van der Waals surface area contributed by atoms with Crippen LogP contribution in [0.25, 0.3) is 0 Å². The van der Waals surface area contributed by atoms with E-state index in [1.165, 1.54) is 12.4 Å². The Morgan fingerprint density at radius 2 is 2.54 bits per heavy atom. The lowest BCUT2D eigenvalue weighted by Crippen LogP contribution is -2.20. The minimum absolute atomic E-state index is 0.0305. The average Bonchev–Trinajstić information content (AvgIpc) is 2.52. The normalized spacial score (nSPS) is 12.8. The Balaban J connectivity index is 2.73. The molecule has 0 bridgehead atoms. The first kappa shape index (κ1) is 9.66. The highest BCUT2D eigenvalue weighted by molar-refractivity contribution is 5.20. The lowest BCUT2D eigenvalue weighted by molar-refractivity contribution is -0.385. The SMILES string of the molecule is CNCC(C)n1cc([N+](=O)[O-])cn1. The maximum absolute atomic E-state index is 10.3. The summed E-state index contributed by atoms with van der Waals surface area (Å²) in [7, 11) is 1.83. The number of hydrogen-bond acceptors (Lipinski definition) is 4. The molecule has 0 amide bonds. The third-order valence-corrected chi connectivity index (χ3v) is 1.75. The molecule has 0 radical (unpaired) electrons. The van der Waals surface area contributed by atoms with Gasteiger partial charge >= 0.3 is 5.69 Å². The molecule has 1 heterocycles. The van der Waals surface area contributed by atoms with Crippen LogP contribution in [0.15, 0.2) is 12.4 Å². The third-order valence-electron chi connectivity index (χ3n) is 1.75. The van der Waals surface area contributed by atoms with Crippen LogP contribution in [0.2, 0.25) is 0 Å². The summed E-state index contributed by atoms with van der Waals surface area (Å²) in [4.78, 5) is 9.88. The summed E-state index contributed by atoms with van der Waals surface area (Å²) >= 11 is 0. The quantitative estimate of drug-likeness (QED) is 0.548. The van der Waals surface area contributed by atoms with Crippen molar-refractivity contribution in [2.75, 3.05) is 13.6 Å². The first-order valence-corrected chi connectivity index (χ1v) is 3.98. The van der Waals surface area contributed by atoms with Gasteiger partial charge in [-0.05, 0) is 14.0 Å². The second kappa shape index (κ2) is 3.99. The summed E-state index contributed by atoms with van der Waals surface area (Å²) in [5.41, 5.74) is 0.0305. The smallest absolute Gasteiger partial charge is 0.307 e. The minimum atomic E-state index is -0.449. The molecule has 13 heavy (non-hydrogen) atoms. The molecule has 0 aliphatic heterocycles. The van der Waals surface area contributed by atoms with Gasteiger partial charge in [0.2, 0.25) is 0 Å². The molecule has 0 spiro atoms. The van der Waals surface area contributed by atoms with Crippen molar-refractivity contribution >= 4 is 5.69 Å². The highest BCUT2D eigenvalue weighted by Crippen LogP contribution is 2.11. The predicted molar refractivity (Wildman–Crippen MR) is 47.5 cm³/mol. The van der Waals surface area contributed by atoms with Gasteiger partial charge in [-0.25, -0.2) is 0 Å². The Bertz CT molecular complexity index is 296. The van der Waals surface area contributed by atoms with Gasteiger partial charge in [-0.3, -0.25) is 14.8 Å². The fourth-order valence-corrected chi connectivity index (χ4v) is 1.05. The number of nitrogens with one attached hydrogen (secondary N) is 1. The Labute approximate surface area is 75.7 Å². The van der Waals surface area contributed by atoms with Crippen LogP contribution in [-0.4, -0.2) is 28.3 Å². The molecule has 6 nitrogen and oxygen atoms in total. The monoisotopic (exact) mass is 184 g/mol. The molecule has 6 heteroatoms. The number of rotatable bonds is 4. The third kappa shape index (κ3) is 2.25. The van der Waals surface area contributed by atoms with Crippen molar-refractivity contribution in [2.45, 2.75) is 13.0 Å². The lowest BCUT2D eigenvalue weighted by Gasteiger charge is -2.09. The Hall–Kier alpha value is -1.43. The zero-order valence-corrected chi connectivity index (χ0v) is 7.60. The number of nitrogens with zero attached hydrogens (tertiary/aromatic N) is 3. The molecular weight excluding hydrogens is 172 g/mol. The van der Waals surface area contributed by atoms with Gasteiger partial charge in [0.05, 0.1) is 11.0 Å². The zero-order valence-electron chi connectivity index (χ0n) is 7.60. The zero-order chi connectivity index (χ0) is 9.84. The van der Waals surface area contributed by atoms with Crippen LogP contribution in [0, 0.1) is 10.1 Å². The van der Waals surface area contributed by atoms with Gasteiger partial charge < -0.3 is 5.32 Å². The number of likely N-dealkylation sites (N-methyl/N-ethyl adjacent to an activating group) is 1. The summed E-state index contributed by atoms with van der Waals surface area (Å²) in [5, 5.41) is 17.2. The van der Waals surface area contributed by atoms with Crippen molar-refractivity contribution in [3.63, 3.8) is 0 Å². The second-order valence-corrected chi connectivity index (χ2v) is 2.84. The van der Waals surface area contributed by atoms with E-state index in [-0.39, 0.29) is 11.7 Å². The van der Waals surface area contributed by atoms with Crippen molar-refractivity contribution < 1.29 is 4.92 Å². The van der Waals surface area contributed by atoms with Crippen molar-refractivity contribution in [3.8, 4) is 0 Å². The van der Waals surface area contributed by atoms with Crippen LogP contribution in [0.1, 0.15) is 13.0 Å². The standard InChI is InChI=1S/C7H12N4O2/c1-6(3-8-2)10-5-7(4-9-10)11(12)13/h4-6,8H,3H2,1-2H3. The summed E-state index contributed by atoms with van der Waals surface area (Å²) in [5.74, 6) is 0. The fourth-order valence-electron chi connectivity index (χ4n) is 1.05. The molecule has 72 valence electrons. The van der Waals surface area contributed by atoms with Gasteiger partial charge in [0.15, 0.2) is 0 Å². The Morgan fingerprint density at radius 1 is 1.85 bits per heavy atom. The van der Waals surface area contributed by atoms with Crippen molar-refractivity contribution in [1.29, 1.82) is 0 Å². The molecule has 1 aromatic rings. The van der Waals surface area contributed by atoms with Gasteiger partial charge in [0.1, 0.15) is 12.4 Å². The molecule has 1 aromatic heterocycles. The molecule has 1 unspecified atom stereocenters. The first-order valence-electron chi connectivity index (χ1n) is 3.98.